The minimum atomic E-state index is -2.22. The molecule has 65 heavy (non-hydrogen) atoms. The lowest BCUT2D eigenvalue weighted by molar-refractivity contribution is -0.315. The monoisotopic (exact) mass is 965 g/mol. The van der Waals surface area contributed by atoms with E-state index in [9.17, 15) is 20.1 Å². The Hall–Kier alpha value is -1.11. The summed E-state index contributed by atoms with van der Waals surface area (Å²) >= 11 is 0. The summed E-state index contributed by atoms with van der Waals surface area (Å²) in [6.45, 7) is 34.2. The van der Waals surface area contributed by atoms with Crippen LogP contribution in [0.5, 0.6) is 0 Å². The molecule has 0 aliphatic carbocycles. The lowest BCUT2D eigenvalue weighted by atomic mass is 9.73. The van der Waals surface area contributed by atoms with Crippen LogP contribution in [0.15, 0.2) is 5.16 Å². The number of cyclic esters (lactones) is 1. The summed E-state index contributed by atoms with van der Waals surface area (Å²) in [5.41, 5.74) is -4.12. The maximum Gasteiger partial charge on any atom is 0.311 e. The zero-order valence-electron chi connectivity index (χ0n) is 44.2. The van der Waals surface area contributed by atoms with Gasteiger partial charge in [0.15, 0.2) is 29.2 Å². The molecule has 3 fully saturated rings. The second-order valence-electron chi connectivity index (χ2n) is 22.7. The van der Waals surface area contributed by atoms with Gasteiger partial charge in [-0.1, -0.05) is 32.9 Å². The van der Waals surface area contributed by atoms with E-state index >= 15 is 0 Å². The molecule has 0 bridgehead atoms. The Morgan fingerprint density at radius 1 is 0.846 bits per heavy atom. The van der Waals surface area contributed by atoms with Crippen molar-refractivity contribution in [2.75, 3.05) is 28.3 Å². The molecule has 18 atom stereocenters. The highest BCUT2D eigenvalue weighted by Gasteiger charge is 2.55. The number of hydrogen-bond donors (Lipinski definition) is 3. The van der Waals surface area contributed by atoms with Gasteiger partial charge in [0.1, 0.15) is 17.8 Å². The van der Waals surface area contributed by atoms with Gasteiger partial charge in [-0.2, -0.15) is 0 Å². The quantitative estimate of drug-likeness (QED) is 0.0724. The molecule has 3 aliphatic heterocycles. The van der Waals surface area contributed by atoms with Gasteiger partial charge in [0.05, 0.1) is 59.5 Å². The summed E-state index contributed by atoms with van der Waals surface area (Å²) in [5, 5.41) is 42.0. The molecule has 3 aliphatic rings. The van der Waals surface area contributed by atoms with Crippen LogP contribution in [0.3, 0.4) is 0 Å². The van der Waals surface area contributed by atoms with Crippen molar-refractivity contribution in [3.05, 3.63) is 0 Å². The maximum atomic E-state index is 14.7. The molecule has 0 aromatic carbocycles. The summed E-state index contributed by atoms with van der Waals surface area (Å²) in [6.07, 6.45) is -6.97. The second-order valence-corrected chi connectivity index (χ2v) is 31.6. The fourth-order valence-electron chi connectivity index (χ4n) is 9.90. The molecule has 3 rings (SSSR count). The molecule has 3 N–H and O–H groups in total. The minimum Gasteiger partial charge on any atom is -0.459 e. The predicted octanol–water partition coefficient (Wildman–Crippen LogP) is 6.69. The van der Waals surface area contributed by atoms with E-state index in [-0.39, 0.29) is 31.4 Å². The van der Waals surface area contributed by atoms with E-state index in [0.717, 1.165) is 0 Å². The Morgan fingerprint density at radius 2 is 1.43 bits per heavy atom. The number of hydrogen-bond acceptors (Lipinski definition) is 16. The van der Waals surface area contributed by atoms with Crippen LogP contribution in [-0.4, -0.2) is 167 Å². The van der Waals surface area contributed by atoms with Crippen LogP contribution in [0.1, 0.15) is 109 Å². The highest BCUT2D eigenvalue weighted by Crippen LogP contribution is 2.42. The molecular formula is C47H92N2O14Si2. The zero-order valence-corrected chi connectivity index (χ0v) is 46.2. The first-order chi connectivity index (χ1) is 29.5. The third-order valence-corrected chi connectivity index (χ3v) is 15.6. The number of aliphatic hydroxyl groups is 3. The number of aliphatic hydroxyl groups excluding tert-OH is 1. The van der Waals surface area contributed by atoms with Crippen molar-refractivity contribution in [2.45, 2.75) is 238 Å². The second kappa shape index (κ2) is 22.3. The fraction of sp³-hybridized carbons (Fsp3) is 0.957. The zero-order chi connectivity index (χ0) is 50.0. The molecule has 16 nitrogen and oxygen atoms in total. The van der Waals surface area contributed by atoms with Gasteiger partial charge in [-0.15, -0.1) is 0 Å². The number of nitrogens with zero attached hydrogens (tertiary/aromatic N) is 2. The van der Waals surface area contributed by atoms with Crippen LogP contribution in [0.25, 0.3) is 0 Å². The van der Waals surface area contributed by atoms with Crippen molar-refractivity contribution in [2.24, 2.45) is 28.8 Å². The number of ether oxygens (including phenoxy) is 7. The molecule has 0 aromatic heterocycles. The van der Waals surface area contributed by atoms with Crippen molar-refractivity contribution >= 4 is 28.3 Å². The minimum absolute atomic E-state index is 0.0346. The fourth-order valence-corrected chi connectivity index (χ4v) is 12.2. The SMILES string of the molecule is CC[C@H]1OC(=O)[C@H](C)[C@@H](OC2CC(C)(OC)C(O[Si](C)(C)C)[C@H](C)O2)[C@H](C)[C@@H](OC2O[C@H](C)CC(N(C)C)C2O[Si](C)(C)C)[C@](C)(O)C[C@@H](C)C(=NOC(C)(C)OC)[C@H](C)[C@@H](O)[C@]1(C)O. The van der Waals surface area contributed by atoms with Gasteiger partial charge in [0.2, 0.25) is 5.79 Å². The van der Waals surface area contributed by atoms with E-state index in [2.05, 4.69) is 49.3 Å². The Bertz CT molecular complexity index is 1550. The van der Waals surface area contributed by atoms with Crippen molar-refractivity contribution in [1.29, 1.82) is 0 Å². The van der Waals surface area contributed by atoms with Crippen LogP contribution in [0.2, 0.25) is 39.3 Å². The number of carbonyl (C=O) groups excluding carboxylic acids is 1. The van der Waals surface area contributed by atoms with E-state index in [1.165, 1.54) is 14.0 Å². The maximum absolute atomic E-state index is 14.7. The first kappa shape index (κ1) is 58.2. The third kappa shape index (κ3) is 15.0. The van der Waals surface area contributed by atoms with Gasteiger partial charge in [-0.25, -0.2) is 0 Å². The Kier molecular flexibility index (Phi) is 20.0. The lowest BCUT2D eigenvalue weighted by Gasteiger charge is -2.51. The lowest BCUT2D eigenvalue weighted by Crippen LogP contribution is -2.62. The van der Waals surface area contributed by atoms with Crippen molar-refractivity contribution < 1.29 is 67.0 Å². The number of likely N-dealkylation sites (N-methyl/N-ethyl adjacent to an activating group) is 1. The first-order valence-corrected chi connectivity index (χ1v) is 30.7. The smallest absolute Gasteiger partial charge is 0.311 e. The van der Waals surface area contributed by atoms with E-state index in [4.69, 9.17) is 46.8 Å². The molecule has 3 heterocycles. The predicted molar refractivity (Wildman–Crippen MR) is 255 cm³/mol. The van der Waals surface area contributed by atoms with Gasteiger partial charge in [-0.3, -0.25) is 4.79 Å². The standard InChI is InChI=1S/C47H92N2O14Si2/c1-23-34-47(12,53)39(50)29(4)36(48-63-44(8,9)54-15)27(2)25-45(10,52)40(60-43-38(61-64(17,18)19)33(49(13)14)24-28(3)56-43)30(5)37(31(6)42(51)58-34)59-35-26-46(11,55-16)41(32(7)57-35)62-65(20,21)22/h27-35,37-41,43,50,52-53H,23-26H2,1-22H3/t27-,28-,29+,30+,31-,32+,33?,34-,35?,37+,38?,39-,40-,41?,43?,45-,46?,47-/m1/s1. The van der Waals surface area contributed by atoms with E-state index in [0.29, 0.717) is 12.1 Å². The number of rotatable bonds is 14. The summed E-state index contributed by atoms with van der Waals surface area (Å²) < 4.78 is 59.1. The van der Waals surface area contributed by atoms with Gasteiger partial charge in [0, 0.05) is 58.3 Å². The first-order valence-electron chi connectivity index (χ1n) is 23.9. The van der Waals surface area contributed by atoms with Crippen LogP contribution in [0.4, 0.5) is 0 Å². The average Bonchev–Trinajstić information content (AvgIpc) is 3.17. The van der Waals surface area contributed by atoms with Gasteiger partial charge >= 0.3 is 5.97 Å². The van der Waals surface area contributed by atoms with Crippen molar-refractivity contribution in [3.63, 3.8) is 0 Å². The molecule has 0 saturated carbocycles. The van der Waals surface area contributed by atoms with Crippen LogP contribution < -0.4 is 0 Å². The molecule has 0 amide bonds. The largest absolute Gasteiger partial charge is 0.459 e. The molecule has 0 radical (unpaired) electrons. The molecule has 18 heteroatoms. The van der Waals surface area contributed by atoms with Crippen molar-refractivity contribution in [3.8, 4) is 0 Å². The molecule has 0 spiro atoms. The summed E-state index contributed by atoms with van der Waals surface area (Å²) in [4.78, 5) is 22.8. The van der Waals surface area contributed by atoms with Gasteiger partial charge in [-0.05, 0) is 114 Å². The highest BCUT2D eigenvalue weighted by molar-refractivity contribution is 6.70. The van der Waals surface area contributed by atoms with Crippen LogP contribution >= 0.6 is 0 Å². The molecule has 382 valence electrons. The van der Waals surface area contributed by atoms with Crippen LogP contribution in [0, 0.1) is 23.7 Å². The molecule has 0 aromatic rings. The third-order valence-electron chi connectivity index (χ3n) is 13.6. The van der Waals surface area contributed by atoms with Crippen molar-refractivity contribution in [1.82, 2.24) is 4.90 Å². The summed E-state index contributed by atoms with van der Waals surface area (Å²) in [7, 11) is 2.90. The van der Waals surface area contributed by atoms with E-state index in [1.54, 1.807) is 48.7 Å². The number of methoxy groups -OCH3 is 2. The van der Waals surface area contributed by atoms with Crippen LogP contribution in [-0.2, 0) is 51.6 Å². The topological polar surface area (TPSA) is 186 Å². The van der Waals surface area contributed by atoms with Gasteiger partial charge < -0.3 is 67.1 Å². The molecular weight excluding hydrogens is 873 g/mol. The Morgan fingerprint density at radius 3 is 1.94 bits per heavy atom. The summed E-state index contributed by atoms with van der Waals surface area (Å²) in [6, 6.07) is -0.0783. The average molecular weight is 965 g/mol. The molecule has 6 unspecified atom stereocenters. The molecule has 3 saturated heterocycles. The number of esters is 1. The van der Waals surface area contributed by atoms with Gasteiger partial charge in [0.25, 0.3) is 0 Å². The van der Waals surface area contributed by atoms with E-state index in [1.807, 2.05) is 48.7 Å². The summed E-state index contributed by atoms with van der Waals surface area (Å²) in [5.74, 6) is -5.02. The normalized spacial score (nSPS) is 43.0. The number of oxime groups is 1. The Balaban J connectivity index is 2.35. The highest BCUT2D eigenvalue weighted by atomic mass is 28.4. The number of carbonyl (C=O) groups is 1. The van der Waals surface area contributed by atoms with E-state index < -0.39 is 124 Å². The Labute approximate surface area is 394 Å².